The van der Waals surface area contributed by atoms with Crippen molar-refractivity contribution < 1.29 is 4.79 Å². The summed E-state index contributed by atoms with van der Waals surface area (Å²) in [6, 6.07) is 0. The summed E-state index contributed by atoms with van der Waals surface area (Å²) < 4.78 is 0. The van der Waals surface area contributed by atoms with Gasteiger partial charge in [-0.25, -0.2) is 0 Å². The van der Waals surface area contributed by atoms with Crippen LogP contribution in [0.15, 0.2) is 4.99 Å². The minimum atomic E-state index is 0.333. The number of nitrogens with two attached hydrogens (primary N) is 1. The van der Waals surface area contributed by atoms with Crippen molar-refractivity contribution in [2.24, 2.45) is 10.7 Å². The molecular formula is C4H7N3O. The summed E-state index contributed by atoms with van der Waals surface area (Å²) in [5.41, 5.74) is 5.23. The van der Waals surface area contributed by atoms with Gasteiger partial charge in [0.05, 0.1) is 6.54 Å². The van der Waals surface area contributed by atoms with E-state index in [1.165, 1.54) is 4.90 Å². The molecule has 0 aromatic carbocycles. The molecule has 1 aliphatic rings. The molecule has 0 saturated carbocycles. The topological polar surface area (TPSA) is 58.7 Å². The molecule has 0 unspecified atom stereocenters. The lowest BCUT2D eigenvalue weighted by molar-refractivity contribution is -0.114. The lowest BCUT2D eigenvalue weighted by atomic mass is 10.6. The fourth-order valence-corrected chi connectivity index (χ4v) is 0.584. The Morgan fingerprint density at radius 1 is 1.88 bits per heavy atom. The highest BCUT2D eigenvalue weighted by molar-refractivity contribution is 5.88. The number of aliphatic imine (C=N–C) groups is 1. The SMILES string of the molecule is NC1=NCCN1C=O. The predicted molar refractivity (Wildman–Crippen MR) is 29.3 cm³/mol. The van der Waals surface area contributed by atoms with Gasteiger partial charge in [-0.1, -0.05) is 0 Å². The van der Waals surface area contributed by atoms with Crippen LogP contribution in [-0.4, -0.2) is 30.4 Å². The van der Waals surface area contributed by atoms with E-state index in [1.807, 2.05) is 0 Å². The zero-order valence-electron chi connectivity index (χ0n) is 4.37. The van der Waals surface area contributed by atoms with Crippen LogP contribution in [0.25, 0.3) is 0 Å². The summed E-state index contributed by atoms with van der Waals surface area (Å²) in [4.78, 5) is 15.1. The summed E-state index contributed by atoms with van der Waals surface area (Å²) in [5, 5.41) is 0. The lowest BCUT2D eigenvalue weighted by Crippen LogP contribution is -2.32. The van der Waals surface area contributed by atoms with Gasteiger partial charge in [0.15, 0.2) is 5.96 Å². The number of amides is 1. The average molecular weight is 113 g/mol. The molecule has 0 bridgehead atoms. The Labute approximate surface area is 47.0 Å². The molecule has 1 heterocycles. The Hall–Kier alpha value is -1.06. The second kappa shape index (κ2) is 1.81. The van der Waals surface area contributed by atoms with Crippen LogP contribution < -0.4 is 5.73 Å². The molecule has 0 saturated heterocycles. The maximum absolute atomic E-state index is 9.98. The van der Waals surface area contributed by atoms with E-state index in [0.29, 0.717) is 25.5 Å². The fraction of sp³-hybridized carbons (Fsp3) is 0.500. The minimum absolute atomic E-state index is 0.333. The third-order valence-corrected chi connectivity index (χ3v) is 1.04. The normalized spacial score (nSPS) is 18.5. The molecule has 8 heavy (non-hydrogen) atoms. The van der Waals surface area contributed by atoms with Crippen LogP contribution >= 0.6 is 0 Å². The molecule has 1 amide bonds. The molecule has 0 atom stereocenters. The van der Waals surface area contributed by atoms with Crippen molar-refractivity contribution in [1.82, 2.24) is 4.90 Å². The molecule has 0 spiro atoms. The number of carbonyl (C=O) groups excluding carboxylic acids is 1. The van der Waals surface area contributed by atoms with Crippen LogP contribution in [0.3, 0.4) is 0 Å². The van der Waals surface area contributed by atoms with Gasteiger partial charge in [-0.3, -0.25) is 14.7 Å². The van der Waals surface area contributed by atoms with Gasteiger partial charge in [0.25, 0.3) is 0 Å². The lowest BCUT2D eigenvalue weighted by Gasteiger charge is -2.04. The summed E-state index contributed by atoms with van der Waals surface area (Å²) in [6.45, 7) is 1.28. The Morgan fingerprint density at radius 3 is 2.88 bits per heavy atom. The average Bonchev–Trinajstić information content (AvgIpc) is 2.14. The minimum Gasteiger partial charge on any atom is -0.369 e. The third kappa shape index (κ3) is 0.641. The molecule has 4 nitrogen and oxygen atoms in total. The largest absolute Gasteiger partial charge is 0.369 e. The number of rotatable bonds is 1. The molecule has 0 radical (unpaired) electrons. The van der Waals surface area contributed by atoms with E-state index in [-0.39, 0.29) is 0 Å². The molecule has 2 N–H and O–H groups in total. The second-order valence-electron chi connectivity index (χ2n) is 1.54. The first-order chi connectivity index (χ1) is 3.84. The van der Waals surface area contributed by atoms with Crippen molar-refractivity contribution in [1.29, 1.82) is 0 Å². The predicted octanol–water partition coefficient (Wildman–Crippen LogP) is -1.23. The van der Waals surface area contributed by atoms with Gasteiger partial charge >= 0.3 is 0 Å². The van der Waals surface area contributed by atoms with Crippen molar-refractivity contribution >= 4 is 12.4 Å². The van der Waals surface area contributed by atoms with Gasteiger partial charge in [-0.2, -0.15) is 0 Å². The monoisotopic (exact) mass is 113 g/mol. The fourth-order valence-electron chi connectivity index (χ4n) is 0.584. The zero-order chi connectivity index (χ0) is 5.98. The summed E-state index contributed by atoms with van der Waals surface area (Å²) in [7, 11) is 0. The van der Waals surface area contributed by atoms with Gasteiger partial charge in [0, 0.05) is 6.54 Å². The van der Waals surface area contributed by atoms with E-state index in [1.54, 1.807) is 0 Å². The van der Waals surface area contributed by atoms with Gasteiger partial charge in [0.1, 0.15) is 0 Å². The highest BCUT2D eigenvalue weighted by Gasteiger charge is 2.10. The standard InChI is InChI=1S/C4H7N3O/c5-4-6-1-2-7(4)3-8/h3H,1-2H2,(H2,5,6). The molecule has 1 rings (SSSR count). The van der Waals surface area contributed by atoms with Crippen molar-refractivity contribution in [3.63, 3.8) is 0 Å². The molecule has 0 aromatic rings. The first kappa shape index (κ1) is 5.08. The number of hydrogen-bond donors (Lipinski definition) is 1. The quantitative estimate of drug-likeness (QED) is 0.433. The third-order valence-electron chi connectivity index (χ3n) is 1.04. The molecule has 0 aromatic heterocycles. The van der Waals surface area contributed by atoms with Crippen molar-refractivity contribution in [3.05, 3.63) is 0 Å². The van der Waals surface area contributed by atoms with Crippen molar-refractivity contribution in [2.75, 3.05) is 13.1 Å². The van der Waals surface area contributed by atoms with E-state index < -0.39 is 0 Å². The van der Waals surface area contributed by atoms with Crippen LogP contribution in [0, 0.1) is 0 Å². The summed E-state index contributed by atoms with van der Waals surface area (Å²) >= 11 is 0. The number of guanidine groups is 1. The van der Waals surface area contributed by atoms with Gasteiger partial charge < -0.3 is 5.73 Å². The van der Waals surface area contributed by atoms with Gasteiger partial charge in [-0.15, -0.1) is 0 Å². The molecule has 1 aliphatic heterocycles. The first-order valence-corrected chi connectivity index (χ1v) is 2.36. The molecular weight excluding hydrogens is 106 g/mol. The van der Waals surface area contributed by atoms with Gasteiger partial charge in [0.2, 0.25) is 6.41 Å². The van der Waals surface area contributed by atoms with Crippen LogP contribution in [0.5, 0.6) is 0 Å². The van der Waals surface area contributed by atoms with E-state index in [0.717, 1.165) is 0 Å². The van der Waals surface area contributed by atoms with Crippen molar-refractivity contribution in [3.8, 4) is 0 Å². The highest BCUT2D eigenvalue weighted by Crippen LogP contribution is 1.91. The molecule has 44 valence electrons. The Kier molecular flexibility index (Phi) is 1.15. The Balaban J connectivity index is 2.58. The van der Waals surface area contributed by atoms with Crippen molar-refractivity contribution in [2.45, 2.75) is 0 Å². The molecule has 4 heteroatoms. The van der Waals surface area contributed by atoms with Crippen LogP contribution in [0.2, 0.25) is 0 Å². The van der Waals surface area contributed by atoms with Crippen LogP contribution in [0.1, 0.15) is 0 Å². The smallest absolute Gasteiger partial charge is 0.216 e. The Bertz CT molecular complexity index is 131. The number of hydrogen-bond acceptors (Lipinski definition) is 3. The number of nitrogens with zero attached hydrogens (tertiary/aromatic N) is 2. The first-order valence-electron chi connectivity index (χ1n) is 2.36. The number of carbonyl (C=O) groups is 1. The summed E-state index contributed by atoms with van der Waals surface area (Å²) in [6.07, 6.45) is 0.686. The van der Waals surface area contributed by atoms with Crippen LogP contribution in [-0.2, 0) is 4.79 Å². The van der Waals surface area contributed by atoms with E-state index in [4.69, 9.17) is 5.73 Å². The van der Waals surface area contributed by atoms with E-state index >= 15 is 0 Å². The molecule has 0 aliphatic carbocycles. The maximum atomic E-state index is 9.98. The van der Waals surface area contributed by atoms with E-state index in [9.17, 15) is 4.79 Å². The highest BCUT2D eigenvalue weighted by atomic mass is 16.1. The van der Waals surface area contributed by atoms with Gasteiger partial charge in [-0.05, 0) is 0 Å². The van der Waals surface area contributed by atoms with Crippen LogP contribution in [0.4, 0.5) is 0 Å². The van der Waals surface area contributed by atoms with E-state index in [2.05, 4.69) is 4.99 Å². The molecule has 0 fully saturated rings. The Morgan fingerprint density at radius 2 is 2.62 bits per heavy atom. The zero-order valence-corrected chi connectivity index (χ0v) is 4.37. The summed E-state index contributed by atoms with van der Waals surface area (Å²) in [5.74, 6) is 0.333. The maximum Gasteiger partial charge on any atom is 0.216 e. The second-order valence-corrected chi connectivity index (χ2v) is 1.54.